The third-order valence-corrected chi connectivity index (χ3v) is 5.08. The Morgan fingerprint density at radius 1 is 1.04 bits per heavy atom. The molecule has 0 saturated carbocycles. The van der Waals surface area contributed by atoms with Gasteiger partial charge in [0.2, 0.25) is 0 Å². The predicted molar refractivity (Wildman–Crippen MR) is 95.8 cm³/mol. The quantitative estimate of drug-likeness (QED) is 0.839. The number of anilines is 1. The van der Waals surface area contributed by atoms with Crippen molar-refractivity contribution in [2.24, 2.45) is 0 Å². The fraction of sp³-hybridized carbons (Fsp3) is 0.474. The van der Waals surface area contributed by atoms with Crippen molar-refractivity contribution in [1.82, 2.24) is 19.9 Å². The van der Waals surface area contributed by atoms with Gasteiger partial charge < -0.3 is 9.80 Å². The molecule has 0 unspecified atom stereocenters. The number of rotatable bonds is 2. The molecule has 4 heterocycles. The van der Waals surface area contributed by atoms with Gasteiger partial charge in [-0.2, -0.15) is 0 Å². The fourth-order valence-electron chi connectivity index (χ4n) is 3.77. The van der Waals surface area contributed by atoms with Gasteiger partial charge in [0.05, 0.1) is 11.3 Å². The van der Waals surface area contributed by atoms with Crippen molar-refractivity contribution in [3.8, 4) is 0 Å². The van der Waals surface area contributed by atoms with Gasteiger partial charge in [-0.25, -0.2) is 9.97 Å². The van der Waals surface area contributed by atoms with Gasteiger partial charge in [0, 0.05) is 50.6 Å². The lowest BCUT2D eigenvalue weighted by Crippen LogP contribution is -2.33. The minimum absolute atomic E-state index is 0.0553. The molecule has 0 spiro atoms. The van der Waals surface area contributed by atoms with E-state index in [1.165, 1.54) is 18.4 Å². The van der Waals surface area contributed by atoms with E-state index in [0.717, 1.165) is 43.0 Å². The number of carbonyl (C=O) groups is 1. The molecule has 1 amide bonds. The third-order valence-electron chi connectivity index (χ3n) is 5.08. The van der Waals surface area contributed by atoms with Crippen molar-refractivity contribution >= 4 is 11.7 Å². The van der Waals surface area contributed by atoms with E-state index in [-0.39, 0.29) is 5.91 Å². The highest BCUT2D eigenvalue weighted by Crippen LogP contribution is 2.26. The molecule has 0 bridgehead atoms. The zero-order chi connectivity index (χ0) is 17.2. The molecule has 2 aliphatic rings. The topological polar surface area (TPSA) is 62.2 Å². The number of pyridine rings is 1. The van der Waals surface area contributed by atoms with Crippen LogP contribution >= 0.6 is 0 Å². The van der Waals surface area contributed by atoms with E-state index in [1.807, 2.05) is 17.9 Å². The number of hydrogen-bond donors (Lipinski definition) is 0. The zero-order valence-electron chi connectivity index (χ0n) is 14.6. The molecule has 0 N–H and O–H groups in total. The van der Waals surface area contributed by atoms with Gasteiger partial charge in [-0.15, -0.1) is 0 Å². The summed E-state index contributed by atoms with van der Waals surface area (Å²) in [7, 11) is 0. The number of nitrogens with zero attached hydrogens (tertiary/aromatic N) is 5. The Bertz CT molecular complexity index is 785. The van der Waals surface area contributed by atoms with Crippen molar-refractivity contribution in [1.29, 1.82) is 0 Å². The molecule has 2 aromatic rings. The Labute approximate surface area is 147 Å². The molecule has 2 aromatic heterocycles. The maximum atomic E-state index is 12.8. The van der Waals surface area contributed by atoms with Crippen LogP contribution in [0.3, 0.4) is 0 Å². The second kappa shape index (κ2) is 6.78. The SMILES string of the molecule is Cc1cncc(C(=O)N2CCc3ncnc(N4CCCC4)c3CC2)c1. The number of fused-ring (bicyclic) bond motifs is 1. The van der Waals surface area contributed by atoms with Crippen LogP contribution in [0.25, 0.3) is 0 Å². The van der Waals surface area contributed by atoms with E-state index >= 15 is 0 Å². The first-order valence-corrected chi connectivity index (χ1v) is 9.01. The minimum atomic E-state index is 0.0553. The van der Waals surface area contributed by atoms with Gasteiger partial charge in [-0.3, -0.25) is 9.78 Å². The molecule has 1 fully saturated rings. The maximum absolute atomic E-state index is 12.8. The van der Waals surface area contributed by atoms with E-state index in [1.54, 1.807) is 18.7 Å². The summed E-state index contributed by atoms with van der Waals surface area (Å²) in [5.74, 6) is 1.13. The highest BCUT2D eigenvalue weighted by Gasteiger charge is 2.25. The second-order valence-corrected chi connectivity index (χ2v) is 6.86. The highest BCUT2D eigenvalue weighted by atomic mass is 16.2. The molecule has 6 nitrogen and oxygen atoms in total. The molecule has 4 rings (SSSR count). The molecule has 6 heteroatoms. The van der Waals surface area contributed by atoms with Gasteiger partial charge >= 0.3 is 0 Å². The summed E-state index contributed by atoms with van der Waals surface area (Å²) < 4.78 is 0. The molecule has 2 aliphatic heterocycles. The van der Waals surface area contributed by atoms with Crippen LogP contribution in [0, 0.1) is 6.92 Å². The summed E-state index contributed by atoms with van der Waals surface area (Å²) >= 11 is 0. The van der Waals surface area contributed by atoms with Crippen LogP contribution in [0.4, 0.5) is 5.82 Å². The summed E-state index contributed by atoms with van der Waals surface area (Å²) in [6.07, 6.45) is 9.15. The molecule has 130 valence electrons. The summed E-state index contributed by atoms with van der Waals surface area (Å²) in [6.45, 7) is 5.49. The standard InChI is InChI=1S/C19H23N5O/c1-14-10-15(12-20-11-14)19(25)24-8-4-16-17(5-9-24)21-13-22-18(16)23-6-2-3-7-23/h10-13H,2-9H2,1H3. The molecular weight excluding hydrogens is 314 g/mol. The Kier molecular flexibility index (Phi) is 4.34. The lowest BCUT2D eigenvalue weighted by atomic mass is 10.1. The second-order valence-electron chi connectivity index (χ2n) is 6.86. The number of amides is 1. The van der Waals surface area contributed by atoms with Crippen molar-refractivity contribution in [3.63, 3.8) is 0 Å². The molecule has 0 aromatic carbocycles. The largest absolute Gasteiger partial charge is 0.356 e. The minimum Gasteiger partial charge on any atom is -0.356 e. The number of aromatic nitrogens is 3. The normalized spacial score (nSPS) is 17.3. The van der Waals surface area contributed by atoms with Crippen LogP contribution in [0.2, 0.25) is 0 Å². The van der Waals surface area contributed by atoms with E-state index < -0.39 is 0 Å². The molecule has 1 saturated heterocycles. The Hall–Kier alpha value is -2.50. The summed E-state index contributed by atoms with van der Waals surface area (Å²) in [6, 6.07) is 1.91. The van der Waals surface area contributed by atoms with Crippen LogP contribution in [-0.4, -0.2) is 51.9 Å². The van der Waals surface area contributed by atoms with Crippen molar-refractivity contribution in [2.45, 2.75) is 32.6 Å². The van der Waals surface area contributed by atoms with Crippen LogP contribution in [-0.2, 0) is 12.8 Å². The lowest BCUT2D eigenvalue weighted by molar-refractivity contribution is 0.0762. The predicted octanol–water partition coefficient (Wildman–Crippen LogP) is 2.02. The van der Waals surface area contributed by atoms with Gasteiger partial charge in [-0.1, -0.05) is 0 Å². The van der Waals surface area contributed by atoms with E-state index in [4.69, 9.17) is 0 Å². The van der Waals surface area contributed by atoms with Crippen molar-refractivity contribution < 1.29 is 4.79 Å². The van der Waals surface area contributed by atoms with Gasteiger partial charge in [0.15, 0.2) is 0 Å². The third kappa shape index (κ3) is 3.21. The Morgan fingerprint density at radius 2 is 1.84 bits per heavy atom. The lowest BCUT2D eigenvalue weighted by Gasteiger charge is -2.21. The summed E-state index contributed by atoms with van der Waals surface area (Å²) in [5.41, 5.74) is 3.99. The molecule has 0 atom stereocenters. The smallest absolute Gasteiger partial charge is 0.255 e. The molecule has 0 radical (unpaired) electrons. The van der Waals surface area contributed by atoms with E-state index in [9.17, 15) is 4.79 Å². The van der Waals surface area contributed by atoms with E-state index in [0.29, 0.717) is 18.7 Å². The van der Waals surface area contributed by atoms with Crippen molar-refractivity contribution in [3.05, 3.63) is 47.2 Å². The zero-order valence-corrected chi connectivity index (χ0v) is 14.6. The summed E-state index contributed by atoms with van der Waals surface area (Å²) in [4.78, 5) is 30.3. The highest BCUT2D eigenvalue weighted by molar-refractivity contribution is 5.94. The van der Waals surface area contributed by atoms with Gasteiger partial charge in [-0.05, 0) is 37.8 Å². The average Bonchev–Trinajstić information content (AvgIpc) is 3.07. The molecule has 0 aliphatic carbocycles. The van der Waals surface area contributed by atoms with Crippen LogP contribution in [0.5, 0.6) is 0 Å². The van der Waals surface area contributed by atoms with Gasteiger partial charge in [0.1, 0.15) is 12.1 Å². The Morgan fingerprint density at radius 3 is 2.64 bits per heavy atom. The van der Waals surface area contributed by atoms with Gasteiger partial charge in [0.25, 0.3) is 5.91 Å². The maximum Gasteiger partial charge on any atom is 0.255 e. The first-order chi connectivity index (χ1) is 12.2. The monoisotopic (exact) mass is 337 g/mol. The number of aryl methyl sites for hydroxylation is 1. The first-order valence-electron chi connectivity index (χ1n) is 9.01. The first kappa shape index (κ1) is 16.0. The van der Waals surface area contributed by atoms with Crippen LogP contribution in [0.1, 0.15) is 40.0 Å². The average molecular weight is 337 g/mol. The summed E-state index contributed by atoms with van der Waals surface area (Å²) in [5, 5.41) is 0. The van der Waals surface area contributed by atoms with Crippen LogP contribution < -0.4 is 4.90 Å². The number of hydrogen-bond acceptors (Lipinski definition) is 5. The number of carbonyl (C=O) groups excluding carboxylic acids is 1. The molecule has 25 heavy (non-hydrogen) atoms. The Balaban J connectivity index is 1.55. The van der Waals surface area contributed by atoms with Crippen LogP contribution in [0.15, 0.2) is 24.8 Å². The molecular formula is C19H23N5O. The fourth-order valence-corrected chi connectivity index (χ4v) is 3.77. The van der Waals surface area contributed by atoms with Crippen molar-refractivity contribution in [2.75, 3.05) is 31.1 Å². The van der Waals surface area contributed by atoms with E-state index in [2.05, 4.69) is 19.9 Å².